The van der Waals surface area contributed by atoms with Gasteiger partial charge in [0.1, 0.15) is 11.5 Å². The van der Waals surface area contributed by atoms with Crippen LogP contribution in [0, 0.1) is 5.92 Å². The van der Waals surface area contributed by atoms with E-state index in [4.69, 9.17) is 5.73 Å². The summed E-state index contributed by atoms with van der Waals surface area (Å²) in [6.07, 6.45) is 2.38. The van der Waals surface area contributed by atoms with E-state index in [1.54, 1.807) is 12.1 Å². The van der Waals surface area contributed by atoms with Gasteiger partial charge in [-0.1, -0.05) is 13.0 Å². The van der Waals surface area contributed by atoms with Crippen molar-refractivity contribution in [1.29, 1.82) is 0 Å². The molecule has 4 heteroatoms. The van der Waals surface area contributed by atoms with Crippen LogP contribution in [-0.4, -0.2) is 34.2 Å². The average molecular weight is 264 g/mol. The first-order chi connectivity index (χ1) is 9.04. The van der Waals surface area contributed by atoms with Crippen molar-refractivity contribution in [3.05, 3.63) is 23.8 Å². The molecule has 1 aliphatic rings. The van der Waals surface area contributed by atoms with Gasteiger partial charge in [0.25, 0.3) is 0 Å². The lowest BCUT2D eigenvalue weighted by molar-refractivity contribution is 0.0679. The summed E-state index contributed by atoms with van der Waals surface area (Å²) in [5.74, 6) is 0.831. The third-order valence-electron chi connectivity index (χ3n) is 4.36. The minimum atomic E-state index is 0.0934. The highest BCUT2D eigenvalue weighted by molar-refractivity contribution is 5.40. The van der Waals surface area contributed by atoms with Gasteiger partial charge in [0.15, 0.2) is 0 Å². The van der Waals surface area contributed by atoms with Crippen LogP contribution in [0.25, 0.3) is 0 Å². The zero-order valence-corrected chi connectivity index (χ0v) is 11.7. The van der Waals surface area contributed by atoms with E-state index in [9.17, 15) is 10.2 Å². The minimum Gasteiger partial charge on any atom is -0.508 e. The number of rotatable bonds is 3. The van der Waals surface area contributed by atoms with E-state index in [1.807, 2.05) is 0 Å². The molecule has 0 bridgehead atoms. The second-order valence-corrected chi connectivity index (χ2v) is 5.58. The number of hydrogen-bond donors (Lipinski definition) is 3. The number of piperidine rings is 1. The van der Waals surface area contributed by atoms with Crippen molar-refractivity contribution in [3.63, 3.8) is 0 Å². The number of aromatic hydroxyl groups is 2. The van der Waals surface area contributed by atoms with Crippen molar-refractivity contribution < 1.29 is 10.2 Å². The predicted molar refractivity (Wildman–Crippen MR) is 76.1 cm³/mol. The third kappa shape index (κ3) is 2.85. The summed E-state index contributed by atoms with van der Waals surface area (Å²) in [6, 6.07) is 5.28. The number of phenolic OH excluding ortho intramolecular Hbond substituents is 2. The van der Waals surface area contributed by atoms with Gasteiger partial charge in [-0.15, -0.1) is 0 Å². The Morgan fingerprint density at radius 2 is 2.16 bits per heavy atom. The molecule has 1 saturated heterocycles. The van der Waals surface area contributed by atoms with Crippen LogP contribution in [0.2, 0.25) is 0 Å². The Morgan fingerprint density at radius 3 is 2.79 bits per heavy atom. The van der Waals surface area contributed by atoms with Crippen molar-refractivity contribution in [2.24, 2.45) is 11.7 Å². The van der Waals surface area contributed by atoms with Crippen LogP contribution < -0.4 is 5.73 Å². The SMILES string of the molecule is CC1CCCN(C(C)c2ccc(O)cc2O)C1CN. The summed E-state index contributed by atoms with van der Waals surface area (Å²) in [5.41, 5.74) is 6.77. The van der Waals surface area contributed by atoms with Gasteiger partial charge in [0.05, 0.1) is 0 Å². The molecular formula is C15H24N2O2. The molecule has 1 aromatic rings. The number of nitrogens with two attached hydrogens (primary N) is 1. The summed E-state index contributed by atoms with van der Waals surface area (Å²) in [6.45, 7) is 5.98. The first-order valence-corrected chi connectivity index (χ1v) is 7.02. The maximum Gasteiger partial charge on any atom is 0.124 e. The van der Waals surface area contributed by atoms with E-state index >= 15 is 0 Å². The average Bonchev–Trinajstić information content (AvgIpc) is 2.37. The van der Waals surface area contributed by atoms with Crippen LogP contribution in [0.4, 0.5) is 0 Å². The smallest absolute Gasteiger partial charge is 0.124 e. The third-order valence-corrected chi connectivity index (χ3v) is 4.36. The molecule has 3 atom stereocenters. The largest absolute Gasteiger partial charge is 0.508 e. The van der Waals surface area contributed by atoms with Gasteiger partial charge >= 0.3 is 0 Å². The van der Waals surface area contributed by atoms with Gasteiger partial charge in [0, 0.05) is 30.3 Å². The first kappa shape index (κ1) is 14.2. The predicted octanol–water partition coefficient (Wildman–Crippen LogP) is 2.22. The molecular weight excluding hydrogens is 240 g/mol. The molecule has 1 aromatic carbocycles. The number of hydrogen-bond acceptors (Lipinski definition) is 4. The van der Waals surface area contributed by atoms with Crippen LogP contribution in [0.5, 0.6) is 11.5 Å². The van der Waals surface area contributed by atoms with Gasteiger partial charge < -0.3 is 15.9 Å². The summed E-state index contributed by atoms with van der Waals surface area (Å²) in [5, 5.41) is 19.4. The molecule has 106 valence electrons. The van der Waals surface area contributed by atoms with Gasteiger partial charge in [-0.05, 0) is 38.3 Å². The Balaban J connectivity index is 2.24. The van der Waals surface area contributed by atoms with Crippen LogP contribution in [0.1, 0.15) is 38.3 Å². The molecule has 4 N–H and O–H groups in total. The lowest BCUT2D eigenvalue weighted by Crippen LogP contribution is -2.49. The fraction of sp³-hybridized carbons (Fsp3) is 0.600. The van der Waals surface area contributed by atoms with Gasteiger partial charge in [0.2, 0.25) is 0 Å². The summed E-state index contributed by atoms with van der Waals surface area (Å²) < 4.78 is 0. The number of nitrogens with zero attached hydrogens (tertiary/aromatic N) is 1. The fourth-order valence-corrected chi connectivity index (χ4v) is 3.19. The quantitative estimate of drug-likeness (QED) is 0.783. The Bertz CT molecular complexity index is 436. The molecule has 0 aliphatic carbocycles. The standard InChI is InChI=1S/C15H24N2O2/c1-10-4-3-7-17(14(10)9-16)11(2)13-6-5-12(18)8-15(13)19/h5-6,8,10-11,14,18-19H,3-4,7,9,16H2,1-2H3. The van der Waals surface area contributed by atoms with Crippen molar-refractivity contribution >= 4 is 0 Å². The monoisotopic (exact) mass is 264 g/mol. The lowest BCUT2D eigenvalue weighted by atomic mass is 9.88. The highest BCUT2D eigenvalue weighted by atomic mass is 16.3. The summed E-state index contributed by atoms with van der Waals surface area (Å²) in [7, 11) is 0. The molecule has 3 unspecified atom stereocenters. The highest BCUT2D eigenvalue weighted by Crippen LogP contribution is 2.35. The molecule has 0 spiro atoms. The molecule has 4 nitrogen and oxygen atoms in total. The Kier molecular flexibility index (Phi) is 4.32. The topological polar surface area (TPSA) is 69.7 Å². The van der Waals surface area contributed by atoms with Gasteiger partial charge in [-0.25, -0.2) is 0 Å². The van der Waals surface area contributed by atoms with Crippen molar-refractivity contribution in [2.75, 3.05) is 13.1 Å². The van der Waals surface area contributed by atoms with E-state index in [0.29, 0.717) is 18.5 Å². The van der Waals surface area contributed by atoms with Crippen molar-refractivity contribution in [1.82, 2.24) is 4.90 Å². The van der Waals surface area contributed by atoms with Crippen molar-refractivity contribution in [2.45, 2.75) is 38.8 Å². The second-order valence-electron chi connectivity index (χ2n) is 5.58. The summed E-state index contributed by atoms with van der Waals surface area (Å²) >= 11 is 0. The molecule has 1 heterocycles. The normalized spacial score (nSPS) is 26.3. The molecule has 19 heavy (non-hydrogen) atoms. The lowest BCUT2D eigenvalue weighted by Gasteiger charge is -2.43. The number of phenols is 2. The minimum absolute atomic E-state index is 0.0934. The van der Waals surface area contributed by atoms with Crippen LogP contribution in [0.3, 0.4) is 0 Å². The maximum absolute atomic E-state index is 10.00. The molecule has 0 saturated carbocycles. The van der Waals surface area contributed by atoms with Crippen LogP contribution >= 0.6 is 0 Å². The second kappa shape index (κ2) is 5.80. The molecule has 1 fully saturated rings. The van der Waals surface area contributed by atoms with Crippen LogP contribution in [-0.2, 0) is 0 Å². The molecule has 1 aliphatic heterocycles. The summed E-state index contributed by atoms with van der Waals surface area (Å²) in [4.78, 5) is 2.38. The molecule has 0 radical (unpaired) electrons. The molecule has 2 rings (SSSR count). The van der Waals surface area contributed by atoms with E-state index < -0.39 is 0 Å². The van der Waals surface area contributed by atoms with Gasteiger partial charge in [-0.3, -0.25) is 4.90 Å². The number of likely N-dealkylation sites (tertiary alicyclic amines) is 1. The van der Waals surface area contributed by atoms with Gasteiger partial charge in [-0.2, -0.15) is 0 Å². The Labute approximate surface area is 114 Å². The van der Waals surface area contributed by atoms with Crippen LogP contribution in [0.15, 0.2) is 18.2 Å². The maximum atomic E-state index is 10.00. The molecule has 0 aromatic heterocycles. The number of benzene rings is 1. The fourth-order valence-electron chi connectivity index (χ4n) is 3.19. The van der Waals surface area contributed by atoms with E-state index in [1.165, 1.54) is 18.9 Å². The van der Waals surface area contributed by atoms with E-state index in [-0.39, 0.29) is 17.5 Å². The highest BCUT2D eigenvalue weighted by Gasteiger charge is 2.31. The Hall–Kier alpha value is -1.26. The van der Waals surface area contributed by atoms with E-state index in [2.05, 4.69) is 18.7 Å². The zero-order valence-electron chi connectivity index (χ0n) is 11.7. The zero-order chi connectivity index (χ0) is 14.0. The first-order valence-electron chi connectivity index (χ1n) is 7.02. The molecule has 0 amide bonds. The Morgan fingerprint density at radius 1 is 1.42 bits per heavy atom. The van der Waals surface area contributed by atoms with E-state index in [0.717, 1.165) is 12.1 Å². The van der Waals surface area contributed by atoms with Crippen molar-refractivity contribution in [3.8, 4) is 11.5 Å².